The van der Waals surface area contributed by atoms with Gasteiger partial charge in [-0.1, -0.05) is 51.0 Å². The third kappa shape index (κ3) is 9.74. The minimum Gasteiger partial charge on any atom is -0.491 e. The van der Waals surface area contributed by atoms with E-state index < -0.39 is 6.10 Å². The Morgan fingerprint density at radius 2 is 1.24 bits per heavy atom. The van der Waals surface area contributed by atoms with E-state index in [1.54, 1.807) is 0 Å². The van der Waals surface area contributed by atoms with Crippen LogP contribution in [0.2, 0.25) is 0 Å². The van der Waals surface area contributed by atoms with Crippen molar-refractivity contribution in [3.63, 3.8) is 0 Å². The first-order valence-electron chi connectivity index (χ1n) is 11.8. The van der Waals surface area contributed by atoms with E-state index in [1.807, 2.05) is 31.2 Å². The van der Waals surface area contributed by atoms with Crippen molar-refractivity contribution in [2.75, 3.05) is 52.9 Å². The Morgan fingerprint density at radius 1 is 0.765 bits per heavy atom. The van der Waals surface area contributed by atoms with Crippen molar-refractivity contribution in [2.24, 2.45) is 0 Å². The van der Waals surface area contributed by atoms with Gasteiger partial charge >= 0.3 is 0 Å². The van der Waals surface area contributed by atoms with Crippen molar-refractivity contribution in [2.45, 2.75) is 38.7 Å². The monoisotopic (exact) mass is 470 g/mol. The summed E-state index contributed by atoms with van der Waals surface area (Å²) in [6.45, 7) is 9.92. The molecule has 2 aromatic carbocycles. The van der Waals surface area contributed by atoms with Crippen LogP contribution in [-0.2, 0) is 19.6 Å². The number of ether oxygens (including phenoxy) is 5. The Kier molecular flexibility index (Phi) is 12.5. The number of terminal acetylenes is 1. The van der Waals surface area contributed by atoms with Gasteiger partial charge in [-0.05, 0) is 41.8 Å². The van der Waals surface area contributed by atoms with E-state index >= 15 is 0 Å². The molecule has 0 spiro atoms. The average Bonchev–Trinajstić information content (AvgIpc) is 2.86. The second-order valence-corrected chi connectivity index (χ2v) is 8.38. The van der Waals surface area contributed by atoms with Gasteiger partial charge in [0.2, 0.25) is 0 Å². The van der Waals surface area contributed by atoms with Crippen LogP contribution in [-0.4, -0.2) is 64.1 Å². The molecule has 34 heavy (non-hydrogen) atoms. The number of benzene rings is 2. The minimum atomic E-state index is -0.437. The number of hydrogen-bond acceptors (Lipinski definition) is 6. The number of hydrogen-bond donors (Lipinski definition) is 1. The molecule has 0 radical (unpaired) electrons. The molecule has 2 rings (SSSR count). The molecule has 0 fully saturated rings. The summed E-state index contributed by atoms with van der Waals surface area (Å²) >= 11 is 0. The lowest BCUT2D eigenvalue weighted by molar-refractivity contribution is 0.0142. The zero-order valence-corrected chi connectivity index (χ0v) is 20.6. The van der Waals surface area contributed by atoms with Gasteiger partial charge in [0.05, 0.1) is 39.1 Å². The topological polar surface area (TPSA) is 66.4 Å². The van der Waals surface area contributed by atoms with Crippen LogP contribution in [0.4, 0.5) is 0 Å². The highest BCUT2D eigenvalue weighted by molar-refractivity contribution is 5.41. The van der Waals surface area contributed by atoms with Crippen LogP contribution >= 0.6 is 0 Å². The summed E-state index contributed by atoms with van der Waals surface area (Å²) in [5.41, 5.74) is 2.20. The van der Waals surface area contributed by atoms with Gasteiger partial charge in [-0.15, -0.1) is 6.42 Å². The molecule has 0 aliphatic carbocycles. The molecule has 0 heterocycles. The Bertz CT molecular complexity index is 839. The average molecular weight is 471 g/mol. The molecule has 6 heteroatoms. The maximum absolute atomic E-state index is 9.66. The fourth-order valence-electron chi connectivity index (χ4n) is 3.20. The molecule has 1 atom stereocenters. The van der Waals surface area contributed by atoms with Crippen LogP contribution in [0.5, 0.6) is 11.5 Å². The van der Waals surface area contributed by atoms with E-state index in [0.29, 0.717) is 59.3 Å². The molecule has 186 valence electrons. The van der Waals surface area contributed by atoms with Crippen molar-refractivity contribution >= 4 is 0 Å². The maximum atomic E-state index is 9.66. The van der Waals surface area contributed by atoms with Gasteiger partial charge in [-0.3, -0.25) is 0 Å². The molecule has 0 amide bonds. The lowest BCUT2D eigenvalue weighted by Crippen LogP contribution is -2.19. The van der Waals surface area contributed by atoms with Gasteiger partial charge in [-0.2, -0.15) is 0 Å². The van der Waals surface area contributed by atoms with Crippen molar-refractivity contribution < 1.29 is 28.8 Å². The number of rotatable bonds is 17. The lowest BCUT2D eigenvalue weighted by atomic mass is 9.78. The van der Waals surface area contributed by atoms with Crippen molar-refractivity contribution in [1.82, 2.24) is 0 Å². The second kappa shape index (κ2) is 15.4. The largest absolute Gasteiger partial charge is 0.491 e. The third-order valence-corrected chi connectivity index (χ3v) is 5.49. The minimum absolute atomic E-state index is 0.172. The van der Waals surface area contributed by atoms with Gasteiger partial charge in [0.25, 0.3) is 0 Å². The Hall–Kier alpha value is -2.56. The van der Waals surface area contributed by atoms with E-state index in [-0.39, 0.29) is 5.41 Å². The molecular weight excluding hydrogens is 432 g/mol. The zero-order chi connectivity index (χ0) is 24.7. The zero-order valence-electron chi connectivity index (χ0n) is 20.6. The SMILES string of the molecule is C#CCOCCOCCOCCOc1ccc(C(C)(C)c2ccc(OC[C@H](O)CC)cc2)cc1. The Morgan fingerprint density at radius 3 is 1.74 bits per heavy atom. The summed E-state index contributed by atoms with van der Waals surface area (Å²) in [7, 11) is 0. The first kappa shape index (κ1) is 27.7. The standard InChI is InChI=1S/C28H38O6/c1-5-15-30-16-17-31-18-19-32-20-21-33-26-11-7-23(8-12-26)28(3,4)24-9-13-27(14-10-24)34-22-25(29)6-2/h1,7-14,25,29H,6,15-22H2,2-4H3/t25-/m1/s1. The van der Waals surface area contributed by atoms with Crippen LogP contribution in [0.25, 0.3) is 0 Å². The van der Waals surface area contributed by atoms with Crippen LogP contribution in [0, 0.1) is 12.3 Å². The molecule has 0 aliphatic rings. The summed E-state index contributed by atoms with van der Waals surface area (Å²) in [5, 5.41) is 9.66. The molecule has 0 unspecified atom stereocenters. The highest BCUT2D eigenvalue weighted by atomic mass is 16.6. The van der Waals surface area contributed by atoms with E-state index in [2.05, 4.69) is 44.0 Å². The summed E-state index contributed by atoms with van der Waals surface area (Å²) in [6, 6.07) is 16.2. The molecule has 0 saturated carbocycles. The molecule has 0 bridgehead atoms. The molecule has 0 aromatic heterocycles. The third-order valence-electron chi connectivity index (χ3n) is 5.49. The van der Waals surface area contributed by atoms with Crippen LogP contribution < -0.4 is 9.47 Å². The van der Waals surface area contributed by atoms with Crippen molar-refractivity contribution in [3.05, 3.63) is 59.7 Å². The lowest BCUT2D eigenvalue weighted by Gasteiger charge is -2.26. The summed E-state index contributed by atoms with van der Waals surface area (Å²) in [5.74, 6) is 3.98. The normalized spacial score (nSPS) is 12.2. The number of aliphatic hydroxyl groups excluding tert-OH is 1. The van der Waals surface area contributed by atoms with Gasteiger partial charge in [-0.25, -0.2) is 0 Å². The van der Waals surface area contributed by atoms with Crippen LogP contribution in [0.15, 0.2) is 48.5 Å². The second-order valence-electron chi connectivity index (χ2n) is 8.38. The van der Waals surface area contributed by atoms with Gasteiger partial charge in [0.1, 0.15) is 31.3 Å². The highest BCUT2D eigenvalue weighted by Crippen LogP contribution is 2.33. The summed E-state index contributed by atoms with van der Waals surface area (Å²) < 4.78 is 27.4. The van der Waals surface area contributed by atoms with Gasteiger partial charge in [0.15, 0.2) is 0 Å². The summed E-state index contributed by atoms with van der Waals surface area (Å²) in [4.78, 5) is 0. The Balaban J connectivity index is 1.71. The maximum Gasteiger partial charge on any atom is 0.119 e. The fraction of sp³-hybridized carbons (Fsp3) is 0.500. The quantitative estimate of drug-likeness (QED) is 0.276. The van der Waals surface area contributed by atoms with Gasteiger partial charge in [0, 0.05) is 5.41 Å². The van der Waals surface area contributed by atoms with E-state index in [1.165, 1.54) is 11.1 Å². The molecule has 0 aliphatic heterocycles. The van der Waals surface area contributed by atoms with Crippen molar-refractivity contribution in [1.29, 1.82) is 0 Å². The molecule has 0 saturated heterocycles. The Labute approximate surface area is 204 Å². The molecule has 6 nitrogen and oxygen atoms in total. The van der Waals surface area contributed by atoms with E-state index in [0.717, 1.165) is 11.5 Å². The molecular formula is C28H38O6. The van der Waals surface area contributed by atoms with E-state index in [4.69, 9.17) is 30.1 Å². The predicted octanol–water partition coefficient (Wildman–Crippen LogP) is 4.22. The smallest absolute Gasteiger partial charge is 0.119 e. The van der Waals surface area contributed by atoms with Crippen LogP contribution in [0.1, 0.15) is 38.3 Å². The van der Waals surface area contributed by atoms with E-state index in [9.17, 15) is 5.11 Å². The summed E-state index contributed by atoms with van der Waals surface area (Å²) in [6.07, 6.45) is 5.34. The van der Waals surface area contributed by atoms with Crippen molar-refractivity contribution in [3.8, 4) is 23.8 Å². The van der Waals surface area contributed by atoms with Gasteiger partial charge < -0.3 is 28.8 Å². The predicted molar refractivity (Wildman–Crippen MR) is 134 cm³/mol. The number of aliphatic hydroxyl groups is 1. The fourth-order valence-corrected chi connectivity index (χ4v) is 3.20. The molecule has 2 aromatic rings. The first-order chi connectivity index (χ1) is 16.5. The van der Waals surface area contributed by atoms with Crippen LogP contribution in [0.3, 0.4) is 0 Å². The molecule has 1 N–H and O–H groups in total. The first-order valence-corrected chi connectivity index (χ1v) is 11.8. The highest BCUT2D eigenvalue weighted by Gasteiger charge is 2.23.